The van der Waals surface area contributed by atoms with Crippen molar-refractivity contribution < 1.29 is 4.74 Å². The van der Waals surface area contributed by atoms with Crippen molar-refractivity contribution in [2.24, 2.45) is 7.05 Å². The Hall–Kier alpha value is -4.59. The summed E-state index contributed by atoms with van der Waals surface area (Å²) in [5, 5.41) is 0. The van der Waals surface area contributed by atoms with Gasteiger partial charge >= 0.3 is 5.69 Å². The zero-order chi connectivity index (χ0) is 24.8. The molecule has 0 atom stereocenters. The molecule has 0 fully saturated rings. The lowest BCUT2D eigenvalue weighted by atomic mass is 10.1. The number of aromatic nitrogens is 4. The first kappa shape index (κ1) is 21.9. The normalized spacial score (nSPS) is 12.8. The second-order valence-corrected chi connectivity index (χ2v) is 9.02. The van der Waals surface area contributed by atoms with E-state index in [-0.39, 0.29) is 17.8 Å². The number of imidazole rings is 1. The second kappa shape index (κ2) is 8.57. The van der Waals surface area contributed by atoms with Gasteiger partial charge in [0.25, 0.3) is 5.56 Å². The van der Waals surface area contributed by atoms with Crippen molar-refractivity contribution in [1.82, 2.24) is 18.7 Å². The third-order valence-corrected chi connectivity index (χ3v) is 6.55. The van der Waals surface area contributed by atoms with Crippen LogP contribution in [0.25, 0.3) is 11.2 Å². The van der Waals surface area contributed by atoms with Gasteiger partial charge in [-0.1, -0.05) is 48.0 Å². The van der Waals surface area contributed by atoms with E-state index in [1.165, 1.54) is 9.13 Å². The van der Waals surface area contributed by atoms with Crippen molar-refractivity contribution in [3.05, 3.63) is 111 Å². The van der Waals surface area contributed by atoms with Gasteiger partial charge in [-0.15, -0.1) is 0 Å². The Morgan fingerprint density at radius 3 is 2.39 bits per heavy atom. The zero-order valence-electron chi connectivity index (χ0n) is 20.1. The number of anilines is 2. The standard InChI is InChI=1S/C28H25N5O3/c1-19-7-6-8-20(17-19)18-33-26(34)24-25(30(2)28(33)35)29-27-31(15-16-32(24)27)21-11-13-23(14-12-21)36-22-9-4-3-5-10-22/h3-14,17H,15-16,18H2,1-2H3. The molecule has 8 nitrogen and oxygen atoms in total. The molecule has 36 heavy (non-hydrogen) atoms. The molecule has 1 aliphatic heterocycles. The van der Waals surface area contributed by atoms with Crippen LogP contribution in [-0.2, 0) is 20.1 Å². The van der Waals surface area contributed by atoms with Gasteiger partial charge in [0.15, 0.2) is 11.2 Å². The molecular weight excluding hydrogens is 454 g/mol. The molecule has 6 rings (SSSR count). The van der Waals surface area contributed by atoms with Crippen molar-refractivity contribution in [3.8, 4) is 11.5 Å². The fraction of sp³-hybridized carbons (Fsp3) is 0.179. The minimum absolute atomic E-state index is 0.218. The summed E-state index contributed by atoms with van der Waals surface area (Å²) in [6.45, 7) is 3.49. The van der Waals surface area contributed by atoms with Gasteiger partial charge in [0.05, 0.1) is 6.54 Å². The number of aryl methyl sites for hydroxylation is 2. The van der Waals surface area contributed by atoms with E-state index in [4.69, 9.17) is 9.72 Å². The summed E-state index contributed by atoms with van der Waals surface area (Å²) < 4.78 is 10.6. The maximum atomic E-state index is 13.5. The molecule has 3 aromatic carbocycles. The summed E-state index contributed by atoms with van der Waals surface area (Å²) >= 11 is 0. The number of benzene rings is 3. The molecule has 0 saturated carbocycles. The van der Waals surface area contributed by atoms with E-state index in [9.17, 15) is 9.59 Å². The molecule has 180 valence electrons. The number of fused-ring (bicyclic) bond motifs is 3. The van der Waals surface area contributed by atoms with Crippen molar-refractivity contribution >= 4 is 22.8 Å². The molecule has 3 heterocycles. The molecule has 0 saturated heterocycles. The summed E-state index contributed by atoms with van der Waals surface area (Å²) in [6, 6.07) is 25.3. The largest absolute Gasteiger partial charge is 0.457 e. The highest BCUT2D eigenvalue weighted by atomic mass is 16.5. The Morgan fingerprint density at radius 2 is 1.64 bits per heavy atom. The molecule has 0 radical (unpaired) electrons. The first-order valence-electron chi connectivity index (χ1n) is 11.9. The molecule has 0 unspecified atom stereocenters. The minimum Gasteiger partial charge on any atom is -0.457 e. The van der Waals surface area contributed by atoms with E-state index < -0.39 is 0 Å². The van der Waals surface area contributed by atoms with Gasteiger partial charge in [0.2, 0.25) is 5.95 Å². The average Bonchev–Trinajstić information content (AvgIpc) is 3.46. The van der Waals surface area contributed by atoms with Crippen molar-refractivity contribution in [2.75, 3.05) is 11.4 Å². The Bertz CT molecular complexity index is 1700. The van der Waals surface area contributed by atoms with Crippen molar-refractivity contribution in [1.29, 1.82) is 0 Å². The maximum absolute atomic E-state index is 13.5. The van der Waals surface area contributed by atoms with E-state index >= 15 is 0 Å². The van der Waals surface area contributed by atoms with E-state index in [2.05, 4.69) is 4.90 Å². The lowest BCUT2D eigenvalue weighted by Crippen LogP contribution is -2.40. The number of nitrogens with zero attached hydrogens (tertiary/aromatic N) is 5. The van der Waals surface area contributed by atoms with Gasteiger partial charge < -0.3 is 14.2 Å². The number of rotatable bonds is 5. The van der Waals surface area contributed by atoms with Crippen LogP contribution in [0.2, 0.25) is 0 Å². The van der Waals surface area contributed by atoms with Crippen molar-refractivity contribution in [3.63, 3.8) is 0 Å². The van der Waals surface area contributed by atoms with Crippen LogP contribution in [0.5, 0.6) is 11.5 Å². The van der Waals surface area contributed by atoms with Crippen LogP contribution in [0.3, 0.4) is 0 Å². The van der Waals surface area contributed by atoms with E-state index in [1.807, 2.05) is 90.4 Å². The molecule has 0 N–H and O–H groups in total. The average molecular weight is 480 g/mol. The van der Waals surface area contributed by atoms with Gasteiger partial charge in [-0.05, 0) is 48.9 Å². The summed E-state index contributed by atoms with van der Waals surface area (Å²) in [7, 11) is 1.67. The quantitative estimate of drug-likeness (QED) is 0.378. The van der Waals surface area contributed by atoms with Crippen LogP contribution < -0.4 is 20.9 Å². The van der Waals surface area contributed by atoms with Crippen LogP contribution in [0.4, 0.5) is 11.6 Å². The fourth-order valence-corrected chi connectivity index (χ4v) is 4.77. The summed E-state index contributed by atoms with van der Waals surface area (Å²) in [6.07, 6.45) is 0. The first-order valence-corrected chi connectivity index (χ1v) is 11.9. The Kier molecular flexibility index (Phi) is 5.21. The second-order valence-electron chi connectivity index (χ2n) is 9.02. The van der Waals surface area contributed by atoms with Gasteiger partial charge in [-0.3, -0.25) is 13.9 Å². The highest BCUT2D eigenvalue weighted by Crippen LogP contribution is 2.33. The summed E-state index contributed by atoms with van der Waals surface area (Å²) in [4.78, 5) is 33.4. The molecular formula is C28H25N5O3. The molecule has 0 spiro atoms. The molecule has 2 aromatic heterocycles. The third kappa shape index (κ3) is 3.67. The summed E-state index contributed by atoms with van der Waals surface area (Å²) in [5.74, 6) is 2.16. The predicted molar refractivity (Wildman–Crippen MR) is 139 cm³/mol. The molecule has 8 heteroatoms. The van der Waals surface area contributed by atoms with Gasteiger partial charge in [-0.2, -0.15) is 4.98 Å². The topological polar surface area (TPSA) is 74.3 Å². The van der Waals surface area contributed by atoms with Gasteiger partial charge in [0.1, 0.15) is 11.5 Å². The lowest BCUT2D eigenvalue weighted by molar-refractivity contribution is 0.482. The highest BCUT2D eigenvalue weighted by molar-refractivity contribution is 5.77. The fourth-order valence-electron chi connectivity index (χ4n) is 4.77. The lowest BCUT2D eigenvalue weighted by Gasteiger charge is -2.16. The molecule has 5 aromatic rings. The SMILES string of the molecule is Cc1cccc(Cn2c(=O)c3c(nc4n3CCN4c3ccc(Oc4ccccc4)cc3)n(C)c2=O)c1. The van der Waals surface area contributed by atoms with Crippen LogP contribution in [0.1, 0.15) is 11.1 Å². The number of para-hydroxylation sites is 1. The molecule has 0 bridgehead atoms. The third-order valence-electron chi connectivity index (χ3n) is 6.55. The number of hydrogen-bond acceptors (Lipinski definition) is 5. The maximum Gasteiger partial charge on any atom is 0.332 e. The monoisotopic (exact) mass is 479 g/mol. The number of hydrogen-bond donors (Lipinski definition) is 0. The molecule has 0 aliphatic carbocycles. The number of ether oxygens (including phenoxy) is 1. The van der Waals surface area contributed by atoms with Crippen LogP contribution in [-0.4, -0.2) is 25.2 Å². The van der Waals surface area contributed by atoms with E-state index in [0.717, 1.165) is 28.3 Å². The van der Waals surface area contributed by atoms with Gasteiger partial charge in [0, 0.05) is 25.8 Å². The minimum atomic E-state index is -0.375. The Balaban J connectivity index is 1.36. The Morgan fingerprint density at radius 1 is 0.889 bits per heavy atom. The van der Waals surface area contributed by atoms with Crippen LogP contribution in [0, 0.1) is 6.92 Å². The van der Waals surface area contributed by atoms with E-state index in [1.54, 1.807) is 7.05 Å². The highest BCUT2D eigenvalue weighted by Gasteiger charge is 2.28. The first-order chi connectivity index (χ1) is 17.5. The zero-order valence-corrected chi connectivity index (χ0v) is 20.1. The van der Waals surface area contributed by atoms with Crippen LogP contribution >= 0.6 is 0 Å². The van der Waals surface area contributed by atoms with Gasteiger partial charge in [-0.25, -0.2) is 4.79 Å². The predicted octanol–water partition coefficient (Wildman–Crippen LogP) is 4.20. The Labute approximate surface area is 207 Å². The smallest absolute Gasteiger partial charge is 0.332 e. The molecule has 1 aliphatic rings. The van der Waals surface area contributed by atoms with E-state index in [0.29, 0.717) is 30.2 Å². The van der Waals surface area contributed by atoms with Crippen molar-refractivity contribution in [2.45, 2.75) is 20.0 Å². The summed E-state index contributed by atoms with van der Waals surface area (Å²) in [5.41, 5.74) is 3.09. The van der Waals surface area contributed by atoms with Crippen LogP contribution in [0.15, 0.2) is 88.5 Å². The molecule has 0 amide bonds.